The molecule has 2 aromatic rings. The van der Waals surface area contributed by atoms with E-state index < -0.39 is 12.0 Å². The van der Waals surface area contributed by atoms with E-state index in [0.29, 0.717) is 17.3 Å². The highest BCUT2D eigenvalue weighted by atomic mass is 16.5. The van der Waals surface area contributed by atoms with Crippen LogP contribution in [0, 0.1) is 0 Å². The minimum absolute atomic E-state index is 0.0686. The number of ether oxygens (including phenoxy) is 1. The number of methoxy groups -OCH3 is 1. The molecule has 1 aromatic heterocycles. The van der Waals surface area contributed by atoms with Gasteiger partial charge in [0.15, 0.2) is 0 Å². The minimum atomic E-state index is -0.724. The molecule has 0 unspecified atom stereocenters. The number of aromatic hydroxyl groups is 1. The molecule has 0 aliphatic heterocycles. The van der Waals surface area contributed by atoms with Gasteiger partial charge in [-0.3, -0.25) is 4.90 Å². The molecule has 9 heteroatoms. The number of hydrogen-bond donors (Lipinski definition) is 2. The van der Waals surface area contributed by atoms with Crippen molar-refractivity contribution in [2.24, 2.45) is 0 Å². The van der Waals surface area contributed by atoms with Crippen LogP contribution < -0.4 is 10.6 Å². The third-order valence-corrected chi connectivity index (χ3v) is 3.53. The van der Waals surface area contributed by atoms with E-state index in [9.17, 15) is 9.90 Å². The Kier molecular flexibility index (Phi) is 5.71. The van der Waals surface area contributed by atoms with Crippen molar-refractivity contribution in [3.05, 3.63) is 35.7 Å². The number of likely N-dealkylation sites (N-methyl/N-ethyl adjacent to an activating group) is 1. The summed E-state index contributed by atoms with van der Waals surface area (Å²) in [5.41, 5.74) is 6.34. The fraction of sp³-hybridized carbons (Fsp3) is 0.375. The zero-order valence-electron chi connectivity index (χ0n) is 14.7. The van der Waals surface area contributed by atoms with Gasteiger partial charge in [-0.1, -0.05) is 12.1 Å². The molecule has 25 heavy (non-hydrogen) atoms. The second-order valence-corrected chi connectivity index (χ2v) is 5.74. The largest absolute Gasteiger partial charge is 0.508 e. The second kappa shape index (κ2) is 7.75. The van der Waals surface area contributed by atoms with Gasteiger partial charge in [0.25, 0.3) is 0 Å². The molecular formula is C16H22N6O3. The first kappa shape index (κ1) is 18.4. The van der Waals surface area contributed by atoms with Crippen molar-refractivity contribution in [1.82, 2.24) is 19.9 Å². The zero-order valence-corrected chi connectivity index (χ0v) is 14.7. The van der Waals surface area contributed by atoms with Gasteiger partial charge in [-0.15, -0.1) is 0 Å². The summed E-state index contributed by atoms with van der Waals surface area (Å²) in [5.74, 6) is 0.576. The standard InChI is InChI=1S/C16H22N6O3/c1-21(2)16-19-12(18-15(17)20-16)9-22(3)13(14(24)25-4)10-6-5-7-11(23)8-10/h5-8,13,23H,9H2,1-4H3,(H2,17,18,19,20)/t13-/m1/s1. The number of phenols is 1. The summed E-state index contributed by atoms with van der Waals surface area (Å²) in [6.45, 7) is 0.239. The molecule has 0 saturated carbocycles. The Morgan fingerprint density at radius 2 is 2.00 bits per heavy atom. The van der Waals surface area contributed by atoms with E-state index >= 15 is 0 Å². The van der Waals surface area contributed by atoms with Crippen LogP contribution in [0.15, 0.2) is 24.3 Å². The summed E-state index contributed by atoms with van der Waals surface area (Å²) >= 11 is 0. The first-order chi connectivity index (χ1) is 11.8. The summed E-state index contributed by atoms with van der Waals surface area (Å²) in [6.07, 6.45) is 0. The van der Waals surface area contributed by atoms with Crippen LogP contribution in [0.2, 0.25) is 0 Å². The molecule has 1 atom stereocenters. The average Bonchev–Trinajstić information content (AvgIpc) is 2.54. The third-order valence-electron chi connectivity index (χ3n) is 3.53. The number of nitrogens with two attached hydrogens (primary N) is 1. The minimum Gasteiger partial charge on any atom is -0.508 e. The molecule has 2 rings (SSSR count). The number of hydrogen-bond acceptors (Lipinski definition) is 9. The number of esters is 1. The SMILES string of the molecule is COC(=O)[C@@H](c1cccc(O)c1)N(C)Cc1nc(N)nc(N(C)C)n1. The number of rotatable bonds is 6. The Morgan fingerprint density at radius 3 is 2.60 bits per heavy atom. The fourth-order valence-corrected chi connectivity index (χ4v) is 2.39. The molecule has 134 valence electrons. The van der Waals surface area contributed by atoms with Gasteiger partial charge in [0.2, 0.25) is 11.9 Å². The molecule has 0 amide bonds. The van der Waals surface area contributed by atoms with Gasteiger partial charge in [-0.25, -0.2) is 4.79 Å². The number of carbonyl (C=O) groups is 1. The van der Waals surface area contributed by atoms with Gasteiger partial charge < -0.3 is 20.5 Å². The topological polar surface area (TPSA) is 118 Å². The molecule has 3 N–H and O–H groups in total. The summed E-state index contributed by atoms with van der Waals surface area (Å²) in [7, 11) is 6.65. The number of nitrogens with zero attached hydrogens (tertiary/aromatic N) is 5. The van der Waals surface area contributed by atoms with Gasteiger partial charge >= 0.3 is 5.97 Å². The van der Waals surface area contributed by atoms with Gasteiger partial charge in [0, 0.05) is 14.1 Å². The molecule has 0 spiro atoms. The van der Waals surface area contributed by atoms with E-state index in [1.165, 1.54) is 19.2 Å². The van der Waals surface area contributed by atoms with E-state index in [0.717, 1.165) is 0 Å². The smallest absolute Gasteiger partial charge is 0.327 e. The lowest BCUT2D eigenvalue weighted by molar-refractivity contribution is -0.147. The Labute approximate surface area is 146 Å². The maximum absolute atomic E-state index is 12.3. The quantitative estimate of drug-likeness (QED) is 0.724. The fourth-order valence-electron chi connectivity index (χ4n) is 2.39. The Bertz CT molecular complexity index is 752. The molecule has 0 saturated heterocycles. The lowest BCUT2D eigenvalue weighted by atomic mass is 10.1. The molecule has 0 aliphatic carbocycles. The second-order valence-electron chi connectivity index (χ2n) is 5.74. The highest BCUT2D eigenvalue weighted by molar-refractivity contribution is 5.77. The maximum atomic E-state index is 12.3. The first-order valence-electron chi connectivity index (χ1n) is 7.56. The molecule has 0 bridgehead atoms. The highest BCUT2D eigenvalue weighted by Crippen LogP contribution is 2.25. The molecule has 1 heterocycles. The van der Waals surface area contributed by atoms with Crippen LogP contribution >= 0.6 is 0 Å². The van der Waals surface area contributed by atoms with E-state index in [-0.39, 0.29) is 18.2 Å². The maximum Gasteiger partial charge on any atom is 0.327 e. The van der Waals surface area contributed by atoms with Crippen molar-refractivity contribution in [2.75, 3.05) is 38.9 Å². The number of benzene rings is 1. The molecule has 0 radical (unpaired) electrons. The average molecular weight is 346 g/mol. The summed E-state index contributed by atoms with van der Waals surface area (Å²) in [5, 5.41) is 9.70. The molecule has 1 aromatic carbocycles. The van der Waals surface area contributed by atoms with Crippen molar-refractivity contribution >= 4 is 17.9 Å². The van der Waals surface area contributed by atoms with Crippen LogP contribution in [-0.4, -0.2) is 59.2 Å². The number of carbonyl (C=O) groups excluding carboxylic acids is 1. The van der Waals surface area contributed by atoms with Gasteiger partial charge in [-0.05, 0) is 24.7 Å². The van der Waals surface area contributed by atoms with Crippen molar-refractivity contribution in [2.45, 2.75) is 12.6 Å². The first-order valence-corrected chi connectivity index (χ1v) is 7.56. The summed E-state index contributed by atoms with van der Waals surface area (Å²) < 4.78 is 4.90. The van der Waals surface area contributed by atoms with Crippen molar-refractivity contribution in [3.8, 4) is 5.75 Å². The lowest BCUT2D eigenvalue weighted by Gasteiger charge is -2.26. The van der Waals surface area contributed by atoms with Gasteiger partial charge in [0.1, 0.15) is 17.6 Å². The molecule has 0 fully saturated rings. The lowest BCUT2D eigenvalue weighted by Crippen LogP contribution is -2.32. The third kappa shape index (κ3) is 4.54. The monoisotopic (exact) mass is 346 g/mol. The molecular weight excluding hydrogens is 324 g/mol. The van der Waals surface area contributed by atoms with Crippen molar-refractivity contribution < 1.29 is 14.6 Å². The van der Waals surface area contributed by atoms with Crippen LogP contribution in [0.4, 0.5) is 11.9 Å². The predicted octanol–water partition coefficient (Wildman–Crippen LogP) is 0.571. The van der Waals surface area contributed by atoms with Gasteiger partial charge in [-0.2, -0.15) is 15.0 Å². The highest BCUT2D eigenvalue weighted by Gasteiger charge is 2.27. The molecule has 9 nitrogen and oxygen atoms in total. The van der Waals surface area contributed by atoms with E-state index in [4.69, 9.17) is 10.5 Å². The number of anilines is 2. The summed E-state index contributed by atoms with van der Waals surface area (Å²) in [6, 6.07) is 5.74. The van der Waals surface area contributed by atoms with E-state index in [2.05, 4.69) is 15.0 Å². The Balaban J connectivity index is 2.31. The number of phenolic OH excluding ortho intramolecular Hbond substituents is 1. The van der Waals surface area contributed by atoms with Crippen LogP contribution in [0.3, 0.4) is 0 Å². The van der Waals surface area contributed by atoms with E-state index in [1.807, 2.05) is 0 Å². The molecule has 0 aliphatic rings. The summed E-state index contributed by atoms with van der Waals surface area (Å²) in [4.78, 5) is 28.2. The van der Waals surface area contributed by atoms with Crippen LogP contribution in [0.5, 0.6) is 5.75 Å². The zero-order chi connectivity index (χ0) is 18.6. The Hall–Kier alpha value is -2.94. The Morgan fingerprint density at radius 1 is 1.28 bits per heavy atom. The number of nitrogen functional groups attached to an aromatic ring is 1. The normalized spacial score (nSPS) is 12.0. The number of aromatic nitrogens is 3. The predicted molar refractivity (Wildman–Crippen MR) is 92.9 cm³/mol. The van der Waals surface area contributed by atoms with Crippen LogP contribution in [0.25, 0.3) is 0 Å². The van der Waals surface area contributed by atoms with Crippen LogP contribution in [0.1, 0.15) is 17.4 Å². The van der Waals surface area contributed by atoms with Crippen LogP contribution in [-0.2, 0) is 16.1 Å². The van der Waals surface area contributed by atoms with Gasteiger partial charge in [0.05, 0.1) is 13.7 Å². The van der Waals surface area contributed by atoms with Crippen molar-refractivity contribution in [1.29, 1.82) is 0 Å². The van der Waals surface area contributed by atoms with Crippen molar-refractivity contribution in [3.63, 3.8) is 0 Å². The van der Waals surface area contributed by atoms with E-state index in [1.54, 1.807) is 43.1 Å².